The number of carbonyl (C=O) groups is 1. The second-order valence-corrected chi connectivity index (χ2v) is 6.55. The summed E-state index contributed by atoms with van der Waals surface area (Å²) < 4.78 is 0. The van der Waals surface area contributed by atoms with Crippen molar-refractivity contribution in [2.45, 2.75) is 45.7 Å². The van der Waals surface area contributed by atoms with E-state index >= 15 is 0 Å². The Morgan fingerprint density at radius 1 is 1.26 bits per heavy atom. The van der Waals surface area contributed by atoms with Crippen molar-refractivity contribution in [2.75, 3.05) is 33.2 Å². The molecule has 1 amide bonds. The van der Waals surface area contributed by atoms with Gasteiger partial charge in [0.25, 0.3) is 0 Å². The van der Waals surface area contributed by atoms with Crippen LogP contribution in [0.4, 0.5) is 0 Å². The molecule has 0 aliphatic carbocycles. The van der Waals surface area contributed by atoms with Crippen LogP contribution < -0.4 is 5.32 Å². The Morgan fingerprint density at radius 2 is 1.89 bits per heavy atom. The number of rotatable bonds is 3. The third kappa shape index (κ3) is 3.29. The Kier molecular flexibility index (Phi) is 4.85. The summed E-state index contributed by atoms with van der Waals surface area (Å²) in [5.74, 6) is 1.01. The molecule has 4 nitrogen and oxygen atoms in total. The summed E-state index contributed by atoms with van der Waals surface area (Å²) in [5.41, 5.74) is 0. The van der Waals surface area contributed by atoms with Gasteiger partial charge in [0.1, 0.15) is 0 Å². The van der Waals surface area contributed by atoms with Crippen LogP contribution in [0.25, 0.3) is 0 Å². The summed E-state index contributed by atoms with van der Waals surface area (Å²) >= 11 is 0. The first-order valence-electron chi connectivity index (χ1n) is 7.72. The molecule has 2 fully saturated rings. The van der Waals surface area contributed by atoms with Gasteiger partial charge in [-0.15, -0.1) is 0 Å². The van der Waals surface area contributed by atoms with E-state index in [-0.39, 0.29) is 5.92 Å². The van der Waals surface area contributed by atoms with E-state index in [1.165, 1.54) is 0 Å². The Morgan fingerprint density at radius 3 is 2.37 bits per heavy atom. The van der Waals surface area contributed by atoms with Crippen LogP contribution in [0, 0.1) is 11.8 Å². The average Bonchev–Trinajstić information content (AvgIpc) is 2.83. The highest BCUT2D eigenvalue weighted by molar-refractivity contribution is 5.79. The van der Waals surface area contributed by atoms with Crippen molar-refractivity contribution >= 4 is 5.91 Å². The fraction of sp³-hybridized carbons (Fsp3) is 0.933. The number of hydrogen-bond acceptors (Lipinski definition) is 3. The van der Waals surface area contributed by atoms with Gasteiger partial charge in [0, 0.05) is 38.8 Å². The molecule has 19 heavy (non-hydrogen) atoms. The van der Waals surface area contributed by atoms with Gasteiger partial charge in [-0.2, -0.15) is 0 Å². The van der Waals surface area contributed by atoms with Crippen LogP contribution in [0.1, 0.15) is 33.6 Å². The van der Waals surface area contributed by atoms with Gasteiger partial charge in [-0.05, 0) is 39.2 Å². The van der Waals surface area contributed by atoms with Crippen molar-refractivity contribution in [3.8, 4) is 0 Å². The van der Waals surface area contributed by atoms with Crippen LogP contribution in [0.2, 0.25) is 0 Å². The van der Waals surface area contributed by atoms with Gasteiger partial charge in [0.2, 0.25) is 5.91 Å². The minimum Gasteiger partial charge on any atom is -0.342 e. The number of nitrogens with zero attached hydrogens (tertiary/aromatic N) is 2. The first-order valence-corrected chi connectivity index (χ1v) is 7.72. The summed E-state index contributed by atoms with van der Waals surface area (Å²) in [6, 6.07) is 1.07. The zero-order valence-electron chi connectivity index (χ0n) is 12.9. The van der Waals surface area contributed by atoms with E-state index in [9.17, 15) is 4.79 Å². The SMILES string of the molecule is CC1CNCC1C(=O)N(C)C1CCN(C(C)C)CC1. The van der Waals surface area contributed by atoms with Gasteiger partial charge in [-0.1, -0.05) is 6.92 Å². The van der Waals surface area contributed by atoms with Gasteiger partial charge in [-0.3, -0.25) is 4.79 Å². The number of nitrogens with one attached hydrogen (secondary N) is 1. The molecule has 2 aliphatic heterocycles. The van der Waals surface area contributed by atoms with Crippen LogP contribution >= 0.6 is 0 Å². The predicted molar refractivity (Wildman–Crippen MR) is 78.0 cm³/mol. The minimum atomic E-state index is 0.188. The molecule has 1 N–H and O–H groups in total. The van der Waals surface area contributed by atoms with E-state index in [4.69, 9.17) is 0 Å². The zero-order chi connectivity index (χ0) is 14.0. The summed E-state index contributed by atoms with van der Waals surface area (Å²) in [6.45, 7) is 10.8. The van der Waals surface area contributed by atoms with Crippen molar-refractivity contribution < 1.29 is 4.79 Å². The molecule has 110 valence electrons. The van der Waals surface area contributed by atoms with E-state index in [0.29, 0.717) is 23.9 Å². The van der Waals surface area contributed by atoms with E-state index in [2.05, 4.69) is 31.0 Å². The van der Waals surface area contributed by atoms with Gasteiger partial charge in [0.05, 0.1) is 5.92 Å². The maximum absolute atomic E-state index is 12.5. The molecule has 0 radical (unpaired) electrons. The molecule has 0 aromatic carbocycles. The lowest BCUT2D eigenvalue weighted by atomic mass is 9.94. The van der Waals surface area contributed by atoms with Gasteiger partial charge in [0.15, 0.2) is 0 Å². The number of hydrogen-bond donors (Lipinski definition) is 1. The minimum absolute atomic E-state index is 0.188. The summed E-state index contributed by atoms with van der Waals surface area (Å²) in [5, 5.41) is 3.33. The van der Waals surface area contributed by atoms with Crippen molar-refractivity contribution in [1.82, 2.24) is 15.1 Å². The summed E-state index contributed by atoms with van der Waals surface area (Å²) in [4.78, 5) is 17.1. The van der Waals surface area contributed by atoms with Crippen molar-refractivity contribution in [1.29, 1.82) is 0 Å². The van der Waals surface area contributed by atoms with E-state index < -0.39 is 0 Å². The van der Waals surface area contributed by atoms with Crippen LogP contribution in [0.3, 0.4) is 0 Å². The molecule has 4 heteroatoms. The Bertz CT molecular complexity index is 311. The topological polar surface area (TPSA) is 35.6 Å². The number of likely N-dealkylation sites (tertiary alicyclic amines) is 1. The molecule has 2 heterocycles. The first kappa shape index (κ1) is 14.8. The molecule has 0 bridgehead atoms. The number of carbonyl (C=O) groups excluding carboxylic acids is 1. The third-order valence-electron chi connectivity index (χ3n) is 4.96. The largest absolute Gasteiger partial charge is 0.342 e. The second kappa shape index (κ2) is 6.23. The van der Waals surface area contributed by atoms with Crippen molar-refractivity contribution in [2.24, 2.45) is 11.8 Å². The smallest absolute Gasteiger partial charge is 0.227 e. The highest BCUT2D eigenvalue weighted by atomic mass is 16.2. The molecule has 0 saturated carbocycles. The van der Waals surface area contributed by atoms with Crippen LogP contribution in [0.15, 0.2) is 0 Å². The number of piperidine rings is 1. The molecule has 2 saturated heterocycles. The fourth-order valence-electron chi connectivity index (χ4n) is 3.37. The predicted octanol–water partition coefficient (Wildman–Crippen LogP) is 1.17. The Labute approximate surface area is 117 Å². The molecular formula is C15H29N3O. The quantitative estimate of drug-likeness (QED) is 0.834. The van der Waals surface area contributed by atoms with Crippen LogP contribution in [0.5, 0.6) is 0 Å². The summed E-state index contributed by atoms with van der Waals surface area (Å²) in [6.07, 6.45) is 2.24. The highest BCUT2D eigenvalue weighted by Crippen LogP contribution is 2.23. The zero-order valence-corrected chi connectivity index (χ0v) is 12.9. The van der Waals surface area contributed by atoms with Gasteiger partial charge < -0.3 is 15.1 Å². The van der Waals surface area contributed by atoms with E-state index in [1.807, 2.05) is 11.9 Å². The Balaban J connectivity index is 1.87. The number of amides is 1. The standard InChI is InChI=1S/C15H29N3O/c1-11(2)18-7-5-13(6-8-18)17(4)15(19)14-10-16-9-12(14)3/h11-14,16H,5-10H2,1-4H3. The molecule has 2 atom stereocenters. The first-order chi connectivity index (χ1) is 9.00. The lowest BCUT2D eigenvalue weighted by molar-refractivity contribution is -0.137. The monoisotopic (exact) mass is 267 g/mol. The van der Waals surface area contributed by atoms with Gasteiger partial charge >= 0.3 is 0 Å². The Hall–Kier alpha value is -0.610. The van der Waals surface area contributed by atoms with Crippen LogP contribution in [-0.4, -0.2) is 61.0 Å². The molecule has 0 aromatic rings. The van der Waals surface area contributed by atoms with Crippen molar-refractivity contribution in [3.63, 3.8) is 0 Å². The van der Waals surface area contributed by atoms with Crippen LogP contribution in [-0.2, 0) is 4.79 Å². The lowest BCUT2D eigenvalue weighted by Gasteiger charge is -2.39. The van der Waals surface area contributed by atoms with Gasteiger partial charge in [-0.25, -0.2) is 0 Å². The molecule has 2 rings (SSSR count). The molecular weight excluding hydrogens is 238 g/mol. The van der Waals surface area contributed by atoms with Crippen molar-refractivity contribution in [3.05, 3.63) is 0 Å². The molecule has 0 aromatic heterocycles. The molecule has 2 unspecified atom stereocenters. The van der Waals surface area contributed by atoms with E-state index in [1.54, 1.807) is 0 Å². The average molecular weight is 267 g/mol. The maximum atomic E-state index is 12.5. The third-order valence-corrected chi connectivity index (χ3v) is 4.96. The fourth-order valence-corrected chi connectivity index (χ4v) is 3.37. The lowest BCUT2D eigenvalue weighted by Crippen LogP contribution is -2.49. The molecule has 2 aliphatic rings. The highest BCUT2D eigenvalue weighted by Gasteiger charge is 2.34. The summed E-state index contributed by atoms with van der Waals surface area (Å²) in [7, 11) is 2.00. The second-order valence-electron chi connectivity index (χ2n) is 6.55. The molecule has 0 spiro atoms. The van der Waals surface area contributed by atoms with E-state index in [0.717, 1.165) is 39.0 Å². The maximum Gasteiger partial charge on any atom is 0.227 e. The normalized spacial score (nSPS) is 29.9.